The summed E-state index contributed by atoms with van der Waals surface area (Å²) in [7, 11) is 3.70. The van der Waals surface area contributed by atoms with Gasteiger partial charge in [0.2, 0.25) is 0 Å². The Balaban J connectivity index is 1.95. The second-order valence-electron chi connectivity index (χ2n) is 6.10. The molecule has 3 N–H and O–H groups in total. The van der Waals surface area contributed by atoms with Crippen LogP contribution < -0.4 is 11.1 Å². The summed E-state index contributed by atoms with van der Waals surface area (Å²) < 4.78 is 1.93. The summed E-state index contributed by atoms with van der Waals surface area (Å²) in [5.41, 5.74) is 9.44. The van der Waals surface area contributed by atoms with E-state index < -0.39 is 0 Å². The molecule has 1 aromatic heterocycles. The summed E-state index contributed by atoms with van der Waals surface area (Å²) in [5, 5.41) is 9.03. The molecule has 1 atom stereocenters. The van der Waals surface area contributed by atoms with Gasteiger partial charge in [-0.2, -0.15) is 5.10 Å². The standard InChI is InChI=1S/C18H18ClIN5OP/c1-24(2)6-5-17(26)12-7-14(19)18(21)15(8-12)23-13-4-3-11-10-22-25(27-20)16(11)9-13/h3-10,23,27H,21H2,1-2H3/b6-5+. The smallest absolute Gasteiger partial charge is 0.187 e. The van der Waals surface area contributed by atoms with Crippen molar-refractivity contribution in [3.63, 3.8) is 0 Å². The summed E-state index contributed by atoms with van der Waals surface area (Å²) in [6.45, 7) is 0. The number of nitrogen functional groups attached to an aromatic ring is 1. The molecule has 1 unspecified atom stereocenters. The quantitative estimate of drug-likeness (QED) is 0.158. The number of benzene rings is 2. The van der Waals surface area contributed by atoms with Gasteiger partial charge in [0.25, 0.3) is 0 Å². The molecule has 0 saturated carbocycles. The van der Waals surface area contributed by atoms with Crippen LogP contribution in [0.15, 0.2) is 48.8 Å². The van der Waals surface area contributed by atoms with E-state index in [9.17, 15) is 4.79 Å². The van der Waals surface area contributed by atoms with Crippen molar-refractivity contribution in [3.8, 4) is 0 Å². The Kier molecular flexibility index (Phi) is 6.24. The molecule has 0 aliphatic carbocycles. The largest absolute Gasteiger partial charge is 0.396 e. The highest BCUT2D eigenvalue weighted by Gasteiger charge is 2.12. The van der Waals surface area contributed by atoms with Gasteiger partial charge >= 0.3 is 0 Å². The van der Waals surface area contributed by atoms with E-state index in [1.54, 1.807) is 23.2 Å². The Morgan fingerprint density at radius 1 is 1.37 bits per heavy atom. The average molecular weight is 514 g/mol. The number of anilines is 3. The summed E-state index contributed by atoms with van der Waals surface area (Å²) in [4.78, 5) is 14.2. The van der Waals surface area contributed by atoms with E-state index in [1.165, 1.54) is 6.08 Å². The average Bonchev–Trinajstić information content (AvgIpc) is 3.05. The number of halogens is 2. The van der Waals surface area contributed by atoms with Crippen molar-refractivity contribution in [1.82, 2.24) is 14.5 Å². The van der Waals surface area contributed by atoms with Gasteiger partial charge in [-0.3, -0.25) is 4.79 Å². The molecule has 6 nitrogen and oxygen atoms in total. The van der Waals surface area contributed by atoms with Crippen LogP contribution in [0.5, 0.6) is 0 Å². The maximum absolute atomic E-state index is 12.4. The van der Waals surface area contributed by atoms with E-state index in [1.807, 2.05) is 42.9 Å². The molecule has 0 saturated heterocycles. The second-order valence-corrected chi connectivity index (χ2v) is 8.55. The van der Waals surface area contributed by atoms with E-state index in [4.69, 9.17) is 17.3 Å². The maximum Gasteiger partial charge on any atom is 0.187 e. The molecule has 9 heteroatoms. The summed E-state index contributed by atoms with van der Waals surface area (Å²) in [6, 6.07) is 9.23. The third-order valence-electron chi connectivity index (χ3n) is 3.87. The predicted octanol–water partition coefficient (Wildman–Crippen LogP) is 5.07. The Labute approximate surface area is 177 Å². The molecule has 1 heterocycles. The van der Waals surface area contributed by atoms with E-state index in [2.05, 4.69) is 32.5 Å². The Morgan fingerprint density at radius 2 is 2.15 bits per heavy atom. The topological polar surface area (TPSA) is 76.2 Å². The number of nitrogens with two attached hydrogens (primary N) is 1. The number of hydrogen-bond acceptors (Lipinski definition) is 5. The molecule has 0 bridgehead atoms. The molecule has 0 spiro atoms. The van der Waals surface area contributed by atoms with Crippen molar-refractivity contribution in [1.29, 1.82) is 0 Å². The van der Waals surface area contributed by atoms with Crippen LogP contribution in [0.4, 0.5) is 17.1 Å². The highest BCUT2D eigenvalue weighted by molar-refractivity contribution is 14.2. The molecule has 0 radical (unpaired) electrons. The first-order valence-corrected chi connectivity index (χ1v) is 12.4. The van der Waals surface area contributed by atoms with Crippen LogP contribution in [0.25, 0.3) is 10.9 Å². The third-order valence-corrected chi connectivity index (χ3v) is 6.07. The van der Waals surface area contributed by atoms with Gasteiger partial charge in [-0.05, 0) is 52.4 Å². The predicted molar refractivity (Wildman–Crippen MR) is 124 cm³/mol. The number of allylic oxidation sites excluding steroid dienone is 1. The first kappa shape index (κ1) is 19.9. The summed E-state index contributed by atoms with van der Waals surface area (Å²) >= 11 is 8.54. The molecule has 0 fully saturated rings. The van der Waals surface area contributed by atoms with Gasteiger partial charge < -0.3 is 16.0 Å². The Hall–Kier alpha value is -1.83. The molecular weight excluding hydrogens is 496 g/mol. The second kappa shape index (κ2) is 8.46. The van der Waals surface area contributed by atoms with E-state index >= 15 is 0 Å². The van der Waals surface area contributed by atoms with Crippen molar-refractivity contribution in [3.05, 3.63) is 59.4 Å². The lowest BCUT2D eigenvalue weighted by molar-refractivity contribution is 0.104. The molecule has 27 heavy (non-hydrogen) atoms. The van der Waals surface area contributed by atoms with E-state index in [0.717, 1.165) is 16.6 Å². The summed E-state index contributed by atoms with van der Waals surface area (Å²) in [6.07, 6.45) is 5.54. The maximum atomic E-state index is 12.4. The molecule has 3 rings (SSSR count). The molecule has 140 valence electrons. The number of hydrogen-bond donors (Lipinski definition) is 2. The first-order valence-electron chi connectivity index (χ1n) is 7.98. The highest BCUT2D eigenvalue weighted by Crippen LogP contribution is 2.34. The normalized spacial score (nSPS) is 11.7. The van der Waals surface area contributed by atoms with Crippen molar-refractivity contribution in [2.45, 2.75) is 0 Å². The highest BCUT2D eigenvalue weighted by atomic mass is 127. The van der Waals surface area contributed by atoms with E-state index in [-0.39, 0.29) is 5.78 Å². The lowest BCUT2D eigenvalue weighted by Crippen LogP contribution is -2.05. The zero-order valence-electron chi connectivity index (χ0n) is 14.7. The van der Waals surface area contributed by atoms with Gasteiger partial charge in [-0.1, -0.05) is 11.6 Å². The Bertz CT molecular complexity index is 1030. The van der Waals surface area contributed by atoms with Crippen LogP contribution in [0.3, 0.4) is 0 Å². The fourth-order valence-electron chi connectivity index (χ4n) is 2.50. The SMILES string of the molecule is CN(C)/C=C/C(=O)c1cc(Cl)c(N)c(Nc2ccc3cnn(PI)c3c2)c1. The number of aromatic nitrogens is 2. The zero-order valence-corrected chi connectivity index (χ0v) is 18.6. The van der Waals surface area contributed by atoms with Crippen LogP contribution in [0.2, 0.25) is 5.02 Å². The lowest BCUT2D eigenvalue weighted by Gasteiger charge is -2.13. The third kappa shape index (κ3) is 4.54. The van der Waals surface area contributed by atoms with Crippen LogP contribution in [-0.2, 0) is 0 Å². The molecule has 0 aliphatic rings. The molecular formula is C18H18ClIN5OP. The molecule has 0 amide bonds. The van der Waals surface area contributed by atoms with Crippen LogP contribution in [-0.4, -0.2) is 34.3 Å². The van der Waals surface area contributed by atoms with Crippen LogP contribution in [0.1, 0.15) is 10.4 Å². The number of carbonyl (C=O) groups excluding carboxylic acids is 1. The van der Waals surface area contributed by atoms with Crippen LogP contribution >= 0.6 is 40.0 Å². The molecule has 0 aliphatic heterocycles. The van der Waals surface area contributed by atoms with Gasteiger partial charge in [0.05, 0.1) is 34.5 Å². The van der Waals surface area contributed by atoms with Crippen LogP contribution in [0, 0.1) is 0 Å². The van der Waals surface area contributed by atoms with Gasteiger partial charge in [-0.25, -0.2) is 4.45 Å². The number of carbonyl (C=O) groups is 1. The van der Waals surface area contributed by atoms with Gasteiger partial charge in [0.1, 0.15) is 0 Å². The minimum absolute atomic E-state index is 0.145. The number of ketones is 1. The van der Waals surface area contributed by atoms with Gasteiger partial charge in [-0.15, -0.1) is 0 Å². The lowest BCUT2D eigenvalue weighted by atomic mass is 10.1. The van der Waals surface area contributed by atoms with Crippen molar-refractivity contribution in [2.24, 2.45) is 0 Å². The van der Waals surface area contributed by atoms with Crippen molar-refractivity contribution < 1.29 is 4.79 Å². The number of rotatable bonds is 6. The fraction of sp³-hybridized carbons (Fsp3) is 0.111. The van der Waals surface area contributed by atoms with Crippen molar-refractivity contribution in [2.75, 3.05) is 25.1 Å². The molecule has 2 aromatic carbocycles. The minimum atomic E-state index is -0.145. The summed E-state index contributed by atoms with van der Waals surface area (Å²) in [5.74, 6) is -0.145. The number of fused-ring (bicyclic) bond motifs is 1. The van der Waals surface area contributed by atoms with E-state index in [0.29, 0.717) is 28.3 Å². The monoisotopic (exact) mass is 513 g/mol. The van der Waals surface area contributed by atoms with Gasteiger partial charge in [0.15, 0.2) is 5.78 Å². The zero-order chi connectivity index (χ0) is 19.6. The Morgan fingerprint density at radius 3 is 2.85 bits per heavy atom. The number of nitrogens with zero attached hydrogens (tertiary/aromatic N) is 3. The number of nitrogens with one attached hydrogen (secondary N) is 1. The van der Waals surface area contributed by atoms with Crippen molar-refractivity contribution >= 4 is 73.8 Å². The fourth-order valence-corrected chi connectivity index (χ4v) is 4.25. The first-order chi connectivity index (χ1) is 12.9. The minimum Gasteiger partial charge on any atom is -0.396 e. The van der Waals surface area contributed by atoms with Gasteiger partial charge in [0, 0.05) is 43.0 Å². The molecule has 3 aromatic rings.